The van der Waals surface area contributed by atoms with Crippen LogP contribution in [0.15, 0.2) is 19.2 Å². The quantitative estimate of drug-likeness (QED) is 0.577. The molecule has 0 bridgehead atoms. The minimum atomic E-state index is -1.46. The van der Waals surface area contributed by atoms with Gasteiger partial charge in [-0.1, -0.05) is 0 Å². The monoisotopic (exact) mass is 340 g/mol. The number of aliphatic hydroxyl groups is 2. The Hall–Kier alpha value is -2.72. The summed E-state index contributed by atoms with van der Waals surface area (Å²) in [4.78, 5) is 48.4. The summed E-state index contributed by atoms with van der Waals surface area (Å²) in [5.74, 6) is -2.92. The van der Waals surface area contributed by atoms with E-state index in [-0.39, 0.29) is 0 Å². The largest absolute Gasteiger partial charge is 0.395 e. The fourth-order valence-electron chi connectivity index (χ4n) is 2.82. The summed E-state index contributed by atoms with van der Waals surface area (Å²) in [6.45, 7) is -2.18. The Balaban J connectivity index is 2.65. The van der Waals surface area contributed by atoms with Gasteiger partial charge < -0.3 is 10.2 Å². The van der Waals surface area contributed by atoms with Gasteiger partial charge in [0.2, 0.25) is 0 Å². The number of aromatic nitrogens is 2. The molecule has 2 aromatic heterocycles. The second kappa shape index (κ2) is 5.42. The Morgan fingerprint density at radius 2 is 0.875 bits per heavy atom. The highest BCUT2D eigenvalue weighted by Gasteiger charge is 2.29. The molecule has 3 aromatic rings. The third-order valence-corrected chi connectivity index (χ3v) is 3.86. The van der Waals surface area contributed by atoms with E-state index in [1.807, 2.05) is 0 Å². The van der Waals surface area contributed by atoms with E-state index < -0.39 is 81.7 Å². The van der Waals surface area contributed by atoms with Crippen molar-refractivity contribution >= 4 is 21.5 Å². The van der Waals surface area contributed by atoms with Gasteiger partial charge in [-0.05, 0) is 0 Å². The van der Waals surface area contributed by atoms with Crippen LogP contribution in [0.25, 0.3) is 21.5 Å². The summed E-state index contributed by atoms with van der Waals surface area (Å²) in [6.07, 6.45) is 0. The molecule has 2 heterocycles. The highest BCUT2D eigenvalue weighted by atomic mass is 19.1. The van der Waals surface area contributed by atoms with Crippen LogP contribution in [0.3, 0.4) is 0 Å². The van der Waals surface area contributed by atoms with Crippen molar-refractivity contribution in [3.8, 4) is 0 Å². The average molecular weight is 340 g/mol. The van der Waals surface area contributed by atoms with Crippen LogP contribution in [0, 0.1) is 11.6 Å². The third kappa shape index (κ3) is 1.83. The Kier molecular flexibility index (Phi) is 3.65. The van der Waals surface area contributed by atoms with Gasteiger partial charge in [0.1, 0.15) is 0 Å². The molecule has 0 aliphatic heterocycles. The molecule has 126 valence electrons. The number of hydrogen-bond donors (Lipinski definition) is 2. The van der Waals surface area contributed by atoms with Gasteiger partial charge in [-0.2, -0.15) is 0 Å². The van der Waals surface area contributed by atoms with E-state index in [4.69, 9.17) is 10.2 Å². The zero-order valence-electron chi connectivity index (χ0n) is 12.0. The van der Waals surface area contributed by atoms with Gasteiger partial charge in [0.25, 0.3) is 22.2 Å². The smallest absolute Gasteiger partial charge is 0.264 e. The van der Waals surface area contributed by atoms with Crippen LogP contribution >= 0.6 is 0 Å². The molecular formula is C14H10F2N2O6. The van der Waals surface area contributed by atoms with Gasteiger partial charge >= 0.3 is 0 Å². The lowest BCUT2D eigenvalue weighted by atomic mass is 10.1. The van der Waals surface area contributed by atoms with Crippen LogP contribution in [0.1, 0.15) is 0 Å². The second-order valence-corrected chi connectivity index (χ2v) is 5.10. The van der Waals surface area contributed by atoms with Crippen molar-refractivity contribution in [3.63, 3.8) is 0 Å². The lowest BCUT2D eigenvalue weighted by Gasteiger charge is -1.95. The molecule has 3 rings (SSSR count). The fourth-order valence-corrected chi connectivity index (χ4v) is 2.82. The van der Waals surface area contributed by atoms with Crippen molar-refractivity contribution in [1.29, 1.82) is 0 Å². The molecular weight excluding hydrogens is 330 g/mol. The first kappa shape index (κ1) is 16.1. The molecule has 0 aliphatic carbocycles. The minimum absolute atomic E-state index is 0.437. The predicted molar refractivity (Wildman–Crippen MR) is 79.0 cm³/mol. The van der Waals surface area contributed by atoms with Crippen molar-refractivity contribution in [3.05, 3.63) is 53.0 Å². The Labute approximate surface area is 130 Å². The molecule has 10 heteroatoms. The maximum absolute atomic E-state index is 14.6. The maximum Gasteiger partial charge on any atom is 0.264 e. The Bertz CT molecular complexity index is 1010. The van der Waals surface area contributed by atoms with Crippen LogP contribution in [-0.4, -0.2) is 32.6 Å². The van der Waals surface area contributed by atoms with Gasteiger partial charge in [0.05, 0.1) is 47.8 Å². The van der Waals surface area contributed by atoms with Crippen LogP contribution in [0.4, 0.5) is 8.78 Å². The van der Waals surface area contributed by atoms with Gasteiger partial charge in [0.15, 0.2) is 11.6 Å². The second-order valence-electron chi connectivity index (χ2n) is 5.10. The van der Waals surface area contributed by atoms with E-state index in [9.17, 15) is 28.0 Å². The topological polar surface area (TPSA) is 119 Å². The molecule has 0 radical (unpaired) electrons. The number of nitrogens with zero attached hydrogens (tertiary/aromatic N) is 2. The van der Waals surface area contributed by atoms with Crippen molar-refractivity contribution in [2.75, 3.05) is 13.2 Å². The van der Waals surface area contributed by atoms with Crippen LogP contribution in [-0.2, 0) is 13.1 Å². The van der Waals surface area contributed by atoms with E-state index in [1.54, 1.807) is 0 Å². The van der Waals surface area contributed by atoms with Gasteiger partial charge in [-0.25, -0.2) is 8.78 Å². The number of aliphatic hydroxyl groups excluding tert-OH is 2. The van der Waals surface area contributed by atoms with Crippen molar-refractivity contribution in [2.45, 2.75) is 13.1 Å². The normalized spacial score (nSPS) is 11.8. The van der Waals surface area contributed by atoms with E-state index in [2.05, 4.69) is 0 Å². The highest BCUT2D eigenvalue weighted by Crippen LogP contribution is 2.23. The Morgan fingerprint density at radius 3 is 1.08 bits per heavy atom. The molecule has 0 saturated heterocycles. The highest BCUT2D eigenvalue weighted by molar-refractivity contribution is 5.99. The molecule has 0 fully saturated rings. The third-order valence-electron chi connectivity index (χ3n) is 3.86. The van der Waals surface area contributed by atoms with Crippen LogP contribution in [0.2, 0.25) is 0 Å². The molecule has 1 aromatic carbocycles. The van der Waals surface area contributed by atoms with Crippen LogP contribution in [0.5, 0.6) is 0 Å². The van der Waals surface area contributed by atoms with E-state index in [1.165, 1.54) is 0 Å². The van der Waals surface area contributed by atoms with Crippen LogP contribution < -0.4 is 22.2 Å². The summed E-state index contributed by atoms with van der Waals surface area (Å²) >= 11 is 0. The maximum atomic E-state index is 14.6. The Morgan fingerprint density at radius 1 is 0.625 bits per heavy atom. The molecule has 0 spiro atoms. The average Bonchev–Trinajstić information content (AvgIpc) is 2.94. The molecule has 0 atom stereocenters. The SMILES string of the molecule is O=c1c2c(F)c3c(=O)n(CCO)c(=O)c3c(F)c2c(=O)n1CCO. The number of halogens is 2. The van der Waals surface area contributed by atoms with E-state index in [0.717, 1.165) is 0 Å². The summed E-state index contributed by atoms with van der Waals surface area (Å²) in [7, 11) is 0. The molecule has 8 nitrogen and oxygen atoms in total. The summed E-state index contributed by atoms with van der Waals surface area (Å²) in [5.41, 5.74) is -4.76. The predicted octanol–water partition coefficient (Wildman–Crippen LogP) is -1.82. The summed E-state index contributed by atoms with van der Waals surface area (Å²) in [5, 5.41) is 14.0. The standard InChI is InChI=1S/C14H10F2N2O6/c15-9-5-6(12(22)17(1-3-19)11(5)21)10(16)8-7(9)13(23)18(2-4-20)14(8)24/h19-20H,1-4H2. The van der Waals surface area contributed by atoms with E-state index in [0.29, 0.717) is 9.13 Å². The molecule has 0 unspecified atom stereocenters. The number of benzene rings is 1. The van der Waals surface area contributed by atoms with Gasteiger partial charge in [-0.3, -0.25) is 28.3 Å². The first-order valence-electron chi connectivity index (χ1n) is 6.85. The van der Waals surface area contributed by atoms with Gasteiger partial charge in [-0.15, -0.1) is 0 Å². The zero-order valence-corrected chi connectivity index (χ0v) is 12.0. The molecule has 0 saturated carbocycles. The zero-order chi connectivity index (χ0) is 17.8. The van der Waals surface area contributed by atoms with Crippen molar-refractivity contribution < 1.29 is 19.0 Å². The summed E-state index contributed by atoms with van der Waals surface area (Å²) in [6, 6.07) is 0. The molecule has 2 N–H and O–H groups in total. The minimum Gasteiger partial charge on any atom is -0.395 e. The molecule has 0 amide bonds. The first-order chi connectivity index (χ1) is 11.4. The van der Waals surface area contributed by atoms with E-state index >= 15 is 0 Å². The lowest BCUT2D eigenvalue weighted by molar-refractivity contribution is 0.273. The molecule has 0 aliphatic rings. The lowest BCUT2D eigenvalue weighted by Crippen LogP contribution is -2.28. The fraction of sp³-hybridized carbons (Fsp3) is 0.286. The first-order valence-corrected chi connectivity index (χ1v) is 6.85. The molecule has 24 heavy (non-hydrogen) atoms. The van der Waals surface area contributed by atoms with Gasteiger partial charge in [0, 0.05) is 0 Å². The number of fused-ring (bicyclic) bond motifs is 2. The number of hydrogen-bond acceptors (Lipinski definition) is 6. The summed E-state index contributed by atoms with van der Waals surface area (Å²) < 4.78 is 30.2. The van der Waals surface area contributed by atoms with Crippen molar-refractivity contribution in [2.24, 2.45) is 0 Å². The van der Waals surface area contributed by atoms with Crippen molar-refractivity contribution in [1.82, 2.24) is 9.13 Å². The number of rotatable bonds is 4.